The maximum absolute atomic E-state index is 14.3. The number of primary sulfonamides is 1. The minimum absolute atomic E-state index is 0.0297. The van der Waals surface area contributed by atoms with Gasteiger partial charge in [-0.3, -0.25) is 4.79 Å². The second-order valence-electron chi connectivity index (χ2n) is 11.3. The average molecular weight is 518 g/mol. The molecule has 0 aromatic heterocycles. The summed E-state index contributed by atoms with van der Waals surface area (Å²) in [5.74, 6) is 5.93. The smallest absolute Gasteiger partial charge is 0.312 e. The van der Waals surface area contributed by atoms with E-state index < -0.39 is 26.9 Å². The molecule has 0 atom stereocenters. The van der Waals surface area contributed by atoms with Crippen molar-refractivity contribution in [3.05, 3.63) is 53.8 Å². The van der Waals surface area contributed by atoms with E-state index in [-0.39, 0.29) is 21.8 Å². The summed E-state index contributed by atoms with van der Waals surface area (Å²) in [6, 6.07) is 9.83. The molecule has 0 radical (unpaired) electrons. The van der Waals surface area contributed by atoms with E-state index in [1.54, 1.807) is 0 Å². The number of nitrogens with two attached hydrogens (primary N) is 1. The third-order valence-electron chi connectivity index (χ3n) is 5.35. The highest BCUT2D eigenvalue weighted by atomic mass is 32.2. The number of esters is 1. The molecule has 0 bridgehead atoms. The van der Waals surface area contributed by atoms with Gasteiger partial charge >= 0.3 is 5.97 Å². The van der Waals surface area contributed by atoms with Crippen LogP contribution in [0.15, 0.2) is 47.4 Å². The van der Waals surface area contributed by atoms with Crippen LogP contribution in [-0.4, -0.2) is 20.0 Å². The predicted octanol–water partition coefficient (Wildman–Crippen LogP) is 6.18. The summed E-state index contributed by atoms with van der Waals surface area (Å²) >= 11 is 0. The Morgan fingerprint density at radius 2 is 1.56 bits per heavy atom. The summed E-state index contributed by atoms with van der Waals surface area (Å²) in [6.45, 7) is 13.5. The van der Waals surface area contributed by atoms with Crippen LogP contribution in [0.4, 0.5) is 4.39 Å². The first-order valence-electron chi connectivity index (χ1n) is 11.7. The molecule has 0 saturated heterocycles. The number of halogens is 1. The van der Waals surface area contributed by atoms with Crippen molar-refractivity contribution in [1.29, 1.82) is 0 Å². The van der Waals surface area contributed by atoms with E-state index in [4.69, 9.17) is 14.6 Å². The number of carbonyl (C=O) groups is 1. The standard InChI is InChI=1S/C28H36FNO5S/c1-26(2,3)35-25(31)28(6,7)19-27(4,5)17-9-8-10-20-18-22(13-16-24(20)29)34-21-11-14-23(15-12-21)36(30,32)33/h11-16,18H,9,17,19H2,1-7H3,(H2,30,32,33). The molecule has 0 amide bonds. The molecule has 0 aliphatic heterocycles. The molecule has 2 rings (SSSR count). The SMILES string of the molecule is CC(C)(CCC#Cc1cc(Oc2ccc(S(N)(=O)=O)cc2)ccc1F)CC(C)(C)C(=O)OC(C)(C)C. The lowest BCUT2D eigenvalue weighted by Crippen LogP contribution is -2.36. The van der Waals surface area contributed by atoms with Crippen LogP contribution in [0.5, 0.6) is 11.5 Å². The highest BCUT2D eigenvalue weighted by Crippen LogP contribution is 2.38. The molecule has 0 unspecified atom stereocenters. The van der Waals surface area contributed by atoms with E-state index in [1.807, 2.05) is 34.6 Å². The predicted molar refractivity (Wildman–Crippen MR) is 138 cm³/mol. The number of sulfonamides is 1. The lowest BCUT2D eigenvalue weighted by atomic mass is 9.73. The number of rotatable bonds is 8. The zero-order valence-electron chi connectivity index (χ0n) is 22.1. The Balaban J connectivity index is 2.03. The van der Waals surface area contributed by atoms with Gasteiger partial charge in [0.25, 0.3) is 0 Å². The van der Waals surface area contributed by atoms with Gasteiger partial charge in [0, 0.05) is 6.42 Å². The third kappa shape index (κ3) is 9.29. The van der Waals surface area contributed by atoms with Crippen molar-refractivity contribution < 1.29 is 27.1 Å². The fraction of sp³-hybridized carbons (Fsp3) is 0.464. The van der Waals surface area contributed by atoms with Gasteiger partial charge in [0.05, 0.1) is 15.9 Å². The largest absolute Gasteiger partial charge is 0.460 e. The molecule has 0 saturated carbocycles. The van der Waals surface area contributed by atoms with Crippen LogP contribution in [0.3, 0.4) is 0 Å². The molecule has 0 aliphatic carbocycles. The van der Waals surface area contributed by atoms with Gasteiger partial charge in [-0.05, 0) is 95.3 Å². The monoisotopic (exact) mass is 517 g/mol. The van der Waals surface area contributed by atoms with Crippen molar-refractivity contribution in [3.8, 4) is 23.3 Å². The molecule has 2 N–H and O–H groups in total. The van der Waals surface area contributed by atoms with E-state index >= 15 is 0 Å². The Morgan fingerprint density at radius 1 is 0.972 bits per heavy atom. The highest BCUT2D eigenvalue weighted by Gasteiger charge is 2.37. The highest BCUT2D eigenvalue weighted by molar-refractivity contribution is 7.89. The summed E-state index contributed by atoms with van der Waals surface area (Å²) in [7, 11) is -3.80. The summed E-state index contributed by atoms with van der Waals surface area (Å²) in [4.78, 5) is 12.6. The van der Waals surface area contributed by atoms with Crippen LogP contribution in [0.25, 0.3) is 0 Å². The number of hydrogen-bond acceptors (Lipinski definition) is 5. The van der Waals surface area contributed by atoms with Crippen molar-refractivity contribution >= 4 is 16.0 Å². The molecule has 0 aliphatic rings. The third-order valence-corrected chi connectivity index (χ3v) is 6.28. The Bertz CT molecular complexity index is 1250. The van der Waals surface area contributed by atoms with Gasteiger partial charge in [0.1, 0.15) is 22.9 Å². The first-order chi connectivity index (χ1) is 16.4. The van der Waals surface area contributed by atoms with Crippen LogP contribution in [0, 0.1) is 28.5 Å². The zero-order valence-corrected chi connectivity index (χ0v) is 22.9. The van der Waals surface area contributed by atoms with Gasteiger partial charge in [0.2, 0.25) is 10.0 Å². The van der Waals surface area contributed by atoms with Crippen molar-refractivity contribution in [3.63, 3.8) is 0 Å². The Kier molecular flexibility index (Phi) is 8.98. The number of carbonyl (C=O) groups excluding carboxylic acids is 1. The van der Waals surface area contributed by atoms with E-state index in [1.165, 1.54) is 42.5 Å². The Hall–Kier alpha value is -2.89. The minimum Gasteiger partial charge on any atom is -0.460 e. The van der Waals surface area contributed by atoms with Crippen molar-refractivity contribution in [2.24, 2.45) is 16.0 Å². The fourth-order valence-corrected chi connectivity index (χ4v) is 4.34. The second-order valence-corrected chi connectivity index (χ2v) is 12.9. The Morgan fingerprint density at radius 3 is 2.11 bits per heavy atom. The molecule has 0 heterocycles. The van der Waals surface area contributed by atoms with E-state index in [0.29, 0.717) is 24.3 Å². The van der Waals surface area contributed by atoms with Gasteiger partial charge in [-0.2, -0.15) is 0 Å². The lowest BCUT2D eigenvalue weighted by Gasteiger charge is -2.35. The fourth-order valence-electron chi connectivity index (χ4n) is 3.83. The van der Waals surface area contributed by atoms with Crippen LogP contribution in [0.1, 0.15) is 73.3 Å². The average Bonchev–Trinajstić information content (AvgIpc) is 2.71. The van der Waals surface area contributed by atoms with Gasteiger partial charge < -0.3 is 9.47 Å². The molecule has 2 aromatic rings. The summed E-state index contributed by atoms with van der Waals surface area (Å²) in [5, 5.41) is 5.10. The van der Waals surface area contributed by atoms with E-state index in [2.05, 4.69) is 25.7 Å². The van der Waals surface area contributed by atoms with E-state index in [0.717, 1.165) is 6.42 Å². The first kappa shape index (κ1) is 29.3. The topological polar surface area (TPSA) is 95.7 Å². The van der Waals surface area contributed by atoms with Crippen LogP contribution in [-0.2, 0) is 19.6 Å². The lowest BCUT2D eigenvalue weighted by molar-refractivity contribution is -0.167. The van der Waals surface area contributed by atoms with Gasteiger partial charge in [-0.1, -0.05) is 25.7 Å². The molecule has 36 heavy (non-hydrogen) atoms. The van der Waals surface area contributed by atoms with Gasteiger partial charge in [-0.25, -0.2) is 17.9 Å². The number of ether oxygens (including phenoxy) is 2. The van der Waals surface area contributed by atoms with Crippen LogP contribution in [0.2, 0.25) is 0 Å². The van der Waals surface area contributed by atoms with Gasteiger partial charge in [-0.15, -0.1) is 0 Å². The van der Waals surface area contributed by atoms with Gasteiger partial charge in [0.15, 0.2) is 0 Å². The summed E-state index contributed by atoms with van der Waals surface area (Å²) < 4.78 is 48.3. The molecule has 8 heteroatoms. The molecule has 6 nitrogen and oxygen atoms in total. The number of hydrogen-bond donors (Lipinski definition) is 1. The molecule has 0 fully saturated rings. The minimum atomic E-state index is -3.80. The van der Waals surface area contributed by atoms with Crippen LogP contribution >= 0.6 is 0 Å². The normalized spacial score (nSPS) is 12.5. The molecule has 0 spiro atoms. The van der Waals surface area contributed by atoms with Crippen LogP contribution < -0.4 is 9.88 Å². The van der Waals surface area contributed by atoms with Crippen molar-refractivity contribution in [1.82, 2.24) is 0 Å². The molecular formula is C28H36FNO5S. The molecule has 196 valence electrons. The first-order valence-corrected chi connectivity index (χ1v) is 13.3. The summed E-state index contributed by atoms with van der Waals surface area (Å²) in [6.07, 6.45) is 1.87. The maximum Gasteiger partial charge on any atom is 0.312 e. The molecule has 2 aromatic carbocycles. The van der Waals surface area contributed by atoms with Crippen molar-refractivity contribution in [2.75, 3.05) is 0 Å². The number of benzene rings is 2. The maximum atomic E-state index is 14.3. The Labute approximate surface area is 214 Å². The second kappa shape index (κ2) is 11.0. The van der Waals surface area contributed by atoms with E-state index in [9.17, 15) is 17.6 Å². The zero-order chi connectivity index (χ0) is 27.4. The van der Waals surface area contributed by atoms with Crippen molar-refractivity contribution in [2.45, 2.75) is 78.2 Å². The molecular weight excluding hydrogens is 481 g/mol. The summed E-state index contributed by atoms with van der Waals surface area (Å²) in [5.41, 5.74) is -1.17. The quantitative estimate of drug-likeness (QED) is 0.333.